The van der Waals surface area contributed by atoms with Crippen LogP contribution in [0.25, 0.3) is 0 Å². The number of esters is 8. The molecule has 7 fully saturated rings. The Morgan fingerprint density at radius 2 is 0.902 bits per heavy atom. The Balaban J connectivity index is 0.000000234. The van der Waals surface area contributed by atoms with Gasteiger partial charge in [-0.3, -0.25) is 38.4 Å². The van der Waals surface area contributed by atoms with Crippen molar-refractivity contribution in [1.29, 1.82) is 0 Å². The molecule has 9 aliphatic rings. The molecule has 34 heteroatoms. The number of hydrogen-bond acceptors (Lipinski definition) is 32. The zero-order valence-corrected chi connectivity index (χ0v) is 76.9. The van der Waals surface area contributed by atoms with E-state index >= 15 is 9.59 Å². The van der Waals surface area contributed by atoms with Crippen LogP contribution in [0.3, 0.4) is 0 Å². The molecule has 9 N–H and O–H groups in total. The van der Waals surface area contributed by atoms with Gasteiger partial charge in [-0.05, 0) is 130 Å². The molecule has 3 saturated heterocycles. The molecular formula is C99H123N3O31. The van der Waals surface area contributed by atoms with E-state index in [4.69, 9.17) is 57.3 Å². The number of aliphatic hydroxyl groups is 6. The number of allylic oxidation sites excluding steroid dienone is 1. The summed E-state index contributed by atoms with van der Waals surface area (Å²) in [6.07, 6.45) is -10.5. The predicted octanol–water partition coefficient (Wildman–Crippen LogP) is 8.37. The van der Waals surface area contributed by atoms with Gasteiger partial charge in [0.25, 0.3) is 0 Å². The first-order chi connectivity index (χ1) is 62.9. The van der Waals surface area contributed by atoms with Crippen molar-refractivity contribution < 1.29 is 150 Å². The van der Waals surface area contributed by atoms with E-state index in [-0.39, 0.29) is 78.7 Å². The molecule has 23 atom stereocenters. The largest absolute Gasteiger partial charge is 0.456 e. The topological polar surface area (TPSA) is 501 Å². The number of fused-ring (bicyclic) bond motifs is 10. The third kappa shape index (κ3) is 20.3. The molecule has 1 unspecified atom stereocenters. The summed E-state index contributed by atoms with van der Waals surface area (Å²) in [6.45, 7) is 20.5. The summed E-state index contributed by atoms with van der Waals surface area (Å²) in [6, 6.07) is 29.6. The van der Waals surface area contributed by atoms with Crippen molar-refractivity contribution in [2.24, 2.45) is 38.7 Å². The molecule has 6 aliphatic carbocycles. The van der Waals surface area contributed by atoms with Crippen LogP contribution in [0.5, 0.6) is 0 Å². The van der Waals surface area contributed by atoms with Gasteiger partial charge in [-0.15, -0.1) is 11.7 Å². The standard InChI is InChI=1S/C47H57NO14.C46H55NO15.C6H11NO2/c1-8-9-10-17-22-34(52)48-36(29-18-13-11-14-19-29)37(53)43(56)60-31-24-47(57)41(61-42(55)30-20-15-12-16-21-30)39-45(7,32(51)23-33-46(39,25-58-33)62-28(4)50)40(54)38(59-27(3)49)35(26(31)2)44(47,5)6;1-25-30(60-42(56)36(53)35(28-16-10-7-11-17-28)47-33(52)20-14-9-15-21-48)23-46(57)40(61-41(55)29-18-12-8-13-19-29)38-44(6,31(51)22-32-45(38,24-58-32)62-27(3)50)39(54)37(59-26(2)49)34(25)43(46,4)5;8-7-4-3-6-2-1-5-9-6/h8,11-16,18-21,31-33,36-39,41,51,53,57H,1,9-10,17,22-25H2,2-7H3,(H,48,52);7-8,10-13,16-19,21,30-32,35-38,40,51,53,57H,9,14-15,20,22-24H2,1-6H3,(H,47,52);4,6,8H,1-3,5H2/b;;7-4-/t31-,32-,33+,36+,37+,38+,39-,41-,45+,46-,47+;30-,31-,32+,35+,36+,37+,38-,40-,44+,45-,46+;/m00./s1. The molecule has 4 aromatic carbocycles. The van der Waals surface area contributed by atoms with Gasteiger partial charge in [0.15, 0.2) is 47.2 Å². The van der Waals surface area contributed by atoms with Gasteiger partial charge in [0.1, 0.15) is 54.1 Å². The third-order valence-electron chi connectivity index (χ3n) is 28.5. The van der Waals surface area contributed by atoms with Crippen molar-refractivity contribution >= 4 is 83.6 Å². The first-order valence-corrected chi connectivity index (χ1v) is 45.0. The van der Waals surface area contributed by atoms with E-state index < -0.39 is 225 Å². The summed E-state index contributed by atoms with van der Waals surface area (Å²) in [5, 5.41) is 91.2. The Labute approximate surface area is 771 Å². The SMILES string of the molecule is C=CCCCCC(=O)N[C@H](c1ccccc1)[C@@H](O)C(=O)O[C@H]1C[C@@]2(O)[C@@H](OC(=O)c3ccccc3)[C@@H]3[C@]4(OC(C)=O)CO[C@@H]4C[C@H](O)[C@@]3(C)C(=O)[C@H](OC(C)=O)C(=C1C)C2(C)C.CC(=O)O[C@H]1C(=O)[C@@]2(C)[C@H]([C@H](OC(=O)c3ccccc3)[C@]3(O)C[C@H](OC(=O)[C@H](O)[C@H](NC(=O)CCCCC=O)c4ccccc4)C(C)=C1C3(C)C)[C@]1(OC(C)=O)CO[C@@H]1C[C@@H]2O.O/N=C\CC1CCCO1. The zero-order valence-electron chi connectivity index (χ0n) is 76.9. The summed E-state index contributed by atoms with van der Waals surface area (Å²) in [7, 11) is 0. The molecular weight excluding hydrogens is 1730 g/mol. The summed E-state index contributed by atoms with van der Waals surface area (Å²) < 4.78 is 65.7. The number of amides is 2. The molecule has 0 aromatic heterocycles. The highest BCUT2D eigenvalue weighted by Gasteiger charge is 2.81. The minimum absolute atomic E-state index is 0.000935. The number of nitrogens with one attached hydrogen (secondary N) is 2. The number of aldehydes is 1. The molecule has 0 spiro atoms. The van der Waals surface area contributed by atoms with Crippen LogP contribution in [0.1, 0.15) is 223 Å². The fraction of sp³-hybridized carbons (Fsp3) is 0.556. The van der Waals surface area contributed by atoms with E-state index in [0.29, 0.717) is 49.3 Å². The Kier molecular flexibility index (Phi) is 32.5. The second kappa shape index (κ2) is 42.2. The summed E-state index contributed by atoms with van der Waals surface area (Å²) >= 11 is 0. The second-order valence-electron chi connectivity index (χ2n) is 37.3. The van der Waals surface area contributed by atoms with Crippen LogP contribution in [0.2, 0.25) is 0 Å². The molecule has 0 radical (unpaired) electrons. The minimum atomic E-state index is -2.40. The second-order valence-corrected chi connectivity index (χ2v) is 37.3. The number of unbranched alkanes of at least 4 members (excludes halogenated alkanes) is 4. The Hall–Kier alpha value is -11.1. The van der Waals surface area contributed by atoms with Crippen LogP contribution >= 0.6 is 0 Å². The lowest BCUT2D eigenvalue weighted by Crippen LogP contribution is -2.82. The molecule has 4 saturated carbocycles. The van der Waals surface area contributed by atoms with Gasteiger partial charge in [-0.1, -0.05) is 131 Å². The Bertz CT molecular complexity index is 4760. The first kappa shape index (κ1) is 102. The summed E-state index contributed by atoms with van der Waals surface area (Å²) in [5.74, 6) is -13.4. The Morgan fingerprint density at radius 1 is 0.526 bits per heavy atom. The maximum atomic E-state index is 15.5. The van der Waals surface area contributed by atoms with Gasteiger partial charge in [-0.2, -0.15) is 0 Å². The van der Waals surface area contributed by atoms with E-state index in [2.05, 4.69) is 22.4 Å². The average molecular weight is 1850 g/mol. The fourth-order valence-electron chi connectivity index (χ4n) is 21.3. The number of benzene rings is 4. The highest BCUT2D eigenvalue weighted by Crippen LogP contribution is 2.67. The van der Waals surface area contributed by atoms with Gasteiger partial charge < -0.3 is 103 Å². The van der Waals surface area contributed by atoms with Crippen LogP contribution in [0.15, 0.2) is 161 Å². The molecule has 2 amide bonds. The molecule has 4 aromatic rings. The quantitative estimate of drug-likeness (QED) is 0.00346. The monoisotopic (exact) mass is 1850 g/mol. The molecule has 3 aliphatic heterocycles. The molecule has 34 nitrogen and oxygen atoms in total. The lowest BCUT2D eigenvalue weighted by Gasteiger charge is -2.67. The average Bonchev–Trinajstić information content (AvgIpc) is 0.891. The van der Waals surface area contributed by atoms with Gasteiger partial charge in [0.2, 0.25) is 11.8 Å². The maximum Gasteiger partial charge on any atom is 0.338 e. The van der Waals surface area contributed by atoms with Crippen molar-refractivity contribution in [1.82, 2.24) is 10.6 Å². The zero-order chi connectivity index (χ0) is 97.3. The molecule has 13 rings (SSSR count). The number of rotatable bonds is 30. The Morgan fingerprint density at radius 3 is 1.23 bits per heavy atom. The van der Waals surface area contributed by atoms with Crippen molar-refractivity contribution in [2.45, 2.75) is 293 Å². The highest BCUT2D eigenvalue weighted by atomic mass is 16.7. The number of nitrogens with zero attached hydrogens (tertiary/aromatic N) is 1. The molecule has 720 valence electrons. The number of carbonyl (C=O) groups is 13. The van der Waals surface area contributed by atoms with Gasteiger partial charge >= 0.3 is 47.8 Å². The van der Waals surface area contributed by atoms with Crippen molar-refractivity contribution in [3.63, 3.8) is 0 Å². The van der Waals surface area contributed by atoms with Crippen LogP contribution in [0.4, 0.5) is 0 Å². The smallest absolute Gasteiger partial charge is 0.338 e. The van der Waals surface area contributed by atoms with Crippen LogP contribution in [-0.4, -0.2) is 241 Å². The number of carbonyl (C=O) groups excluding carboxylic acids is 13. The number of ether oxygens (including phenoxy) is 11. The molecule has 3 heterocycles. The van der Waals surface area contributed by atoms with Crippen molar-refractivity contribution in [3.05, 3.63) is 179 Å². The van der Waals surface area contributed by atoms with Gasteiger partial charge in [0.05, 0.1) is 77.4 Å². The number of ketones is 2. The fourth-order valence-corrected chi connectivity index (χ4v) is 21.3. The lowest BCUT2D eigenvalue weighted by atomic mass is 9.44. The minimum Gasteiger partial charge on any atom is -0.456 e. The summed E-state index contributed by atoms with van der Waals surface area (Å²) in [4.78, 5) is 177. The third-order valence-corrected chi connectivity index (χ3v) is 28.5. The van der Waals surface area contributed by atoms with Crippen LogP contribution < -0.4 is 10.6 Å². The first-order valence-electron chi connectivity index (χ1n) is 45.0. The van der Waals surface area contributed by atoms with Gasteiger partial charge in [0, 0.05) is 103 Å². The predicted molar refractivity (Wildman–Crippen MR) is 471 cm³/mol. The lowest BCUT2D eigenvalue weighted by molar-refractivity contribution is -0.346. The molecule has 4 bridgehead atoms. The summed E-state index contributed by atoms with van der Waals surface area (Å²) in [5.41, 5.74) is -14.5. The number of hydrogen-bond donors (Lipinski definition) is 9. The van der Waals surface area contributed by atoms with E-state index in [9.17, 15) is 83.4 Å². The number of Topliss-reactive ketones (excluding diaryl/α,β-unsaturated/α-hetero) is 2. The van der Waals surface area contributed by atoms with E-state index in [0.717, 1.165) is 59.9 Å². The normalized spacial score (nSPS) is 31.6. The maximum absolute atomic E-state index is 15.5. The van der Waals surface area contributed by atoms with Crippen LogP contribution in [0, 0.1) is 33.5 Å². The van der Waals surface area contributed by atoms with E-state index in [1.165, 1.54) is 58.2 Å². The number of aliphatic hydroxyl groups excluding tert-OH is 4. The van der Waals surface area contributed by atoms with Crippen LogP contribution in [-0.2, 0) is 105 Å². The van der Waals surface area contributed by atoms with E-state index in [1.807, 2.05) is 0 Å². The van der Waals surface area contributed by atoms with Crippen molar-refractivity contribution in [3.8, 4) is 0 Å². The highest BCUT2D eigenvalue weighted by molar-refractivity contribution is 5.97. The van der Waals surface area contributed by atoms with Crippen molar-refractivity contribution in [2.75, 3.05) is 19.8 Å². The van der Waals surface area contributed by atoms with E-state index in [1.54, 1.807) is 131 Å². The van der Waals surface area contributed by atoms with Gasteiger partial charge in [-0.25, -0.2) is 19.2 Å². The number of oxime groups is 1. The molecule has 133 heavy (non-hydrogen) atoms.